The van der Waals surface area contributed by atoms with Gasteiger partial charge in [0.2, 0.25) is 0 Å². The second kappa shape index (κ2) is 6.05. The van der Waals surface area contributed by atoms with Crippen molar-refractivity contribution in [3.8, 4) is 0 Å². The maximum atomic E-state index is 13.3. The third kappa shape index (κ3) is 3.75. The number of anilines is 1. The molecule has 0 amide bonds. The Morgan fingerprint density at radius 3 is 2.48 bits per heavy atom. The van der Waals surface area contributed by atoms with Crippen LogP contribution in [0.25, 0.3) is 0 Å². The van der Waals surface area contributed by atoms with Crippen LogP contribution in [-0.2, 0) is 12.7 Å². The van der Waals surface area contributed by atoms with Gasteiger partial charge < -0.3 is 5.32 Å². The number of nitrogens with one attached hydrogen (secondary N) is 1. The van der Waals surface area contributed by atoms with Gasteiger partial charge in [0.25, 0.3) is 0 Å². The van der Waals surface area contributed by atoms with Gasteiger partial charge in [-0.15, -0.1) is 0 Å². The van der Waals surface area contributed by atoms with Crippen molar-refractivity contribution in [1.82, 2.24) is 0 Å². The molecule has 0 aliphatic carbocycles. The van der Waals surface area contributed by atoms with E-state index >= 15 is 0 Å². The van der Waals surface area contributed by atoms with Crippen molar-refractivity contribution >= 4 is 21.6 Å². The highest BCUT2D eigenvalue weighted by molar-refractivity contribution is 9.10. The molecule has 2 rings (SSSR count). The Labute approximate surface area is 128 Å². The van der Waals surface area contributed by atoms with Gasteiger partial charge in [0.05, 0.1) is 10.0 Å². The van der Waals surface area contributed by atoms with Crippen molar-refractivity contribution in [2.45, 2.75) is 19.6 Å². The highest BCUT2D eigenvalue weighted by Gasteiger charge is 2.32. The van der Waals surface area contributed by atoms with Crippen LogP contribution in [0.5, 0.6) is 0 Å². The summed E-state index contributed by atoms with van der Waals surface area (Å²) in [6.45, 7) is 1.70. The van der Waals surface area contributed by atoms with Crippen molar-refractivity contribution in [3.63, 3.8) is 0 Å². The summed E-state index contributed by atoms with van der Waals surface area (Å²) < 4.78 is 52.2. The lowest BCUT2D eigenvalue weighted by Crippen LogP contribution is -2.12. The van der Waals surface area contributed by atoms with Crippen molar-refractivity contribution in [2.24, 2.45) is 0 Å². The van der Waals surface area contributed by atoms with Crippen LogP contribution in [0.2, 0.25) is 0 Å². The topological polar surface area (TPSA) is 12.0 Å². The Morgan fingerprint density at radius 2 is 1.81 bits per heavy atom. The van der Waals surface area contributed by atoms with Gasteiger partial charge in [-0.2, -0.15) is 13.2 Å². The van der Waals surface area contributed by atoms with Gasteiger partial charge in [0.15, 0.2) is 0 Å². The van der Waals surface area contributed by atoms with Gasteiger partial charge >= 0.3 is 6.18 Å². The molecule has 0 fully saturated rings. The van der Waals surface area contributed by atoms with Crippen molar-refractivity contribution < 1.29 is 17.6 Å². The van der Waals surface area contributed by atoms with Crippen molar-refractivity contribution in [1.29, 1.82) is 0 Å². The summed E-state index contributed by atoms with van der Waals surface area (Å²) >= 11 is 3.06. The van der Waals surface area contributed by atoms with Crippen LogP contribution >= 0.6 is 15.9 Å². The highest BCUT2D eigenvalue weighted by atomic mass is 79.9. The van der Waals surface area contributed by atoms with Crippen molar-refractivity contribution in [2.75, 3.05) is 5.32 Å². The van der Waals surface area contributed by atoms with E-state index in [1.165, 1.54) is 24.3 Å². The van der Waals surface area contributed by atoms with E-state index in [4.69, 9.17) is 0 Å². The molecular formula is C15H12BrF4N. The second-order valence-corrected chi connectivity index (χ2v) is 5.44. The summed E-state index contributed by atoms with van der Waals surface area (Å²) in [5.74, 6) is -0.409. The predicted molar refractivity (Wildman–Crippen MR) is 77.6 cm³/mol. The first-order chi connectivity index (χ1) is 9.79. The number of hydrogen-bond donors (Lipinski definition) is 1. The van der Waals surface area contributed by atoms with Crippen LogP contribution in [0.15, 0.2) is 40.9 Å². The zero-order chi connectivity index (χ0) is 15.6. The molecule has 2 aromatic carbocycles. The van der Waals surface area contributed by atoms with Crippen LogP contribution in [0.1, 0.15) is 16.7 Å². The molecule has 0 saturated heterocycles. The number of alkyl halides is 3. The Morgan fingerprint density at radius 1 is 1.14 bits per heavy atom. The Bertz CT molecular complexity index is 653. The lowest BCUT2D eigenvalue weighted by atomic mass is 10.1. The fraction of sp³-hybridized carbons (Fsp3) is 0.200. The summed E-state index contributed by atoms with van der Waals surface area (Å²) in [5.41, 5.74) is 0.682. The molecule has 0 bridgehead atoms. The Hall–Kier alpha value is -1.56. The molecule has 0 spiro atoms. The van der Waals surface area contributed by atoms with E-state index in [0.29, 0.717) is 11.3 Å². The highest BCUT2D eigenvalue weighted by Crippen LogP contribution is 2.32. The van der Waals surface area contributed by atoms with Crippen LogP contribution in [0.4, 0.5) is 23.2 Å². The lowest BCUT2D eigenvalue weighted by Gasteiger charge is -2.15. The lowest BCUT2D eigenvalue weighted by molar-refractivity contribution is -0.138. The van der Waals surface area contributed by atoms with E-state index in [9.17, 15) is 17.6 Å². The molecule has 1 nitrogen and oxygen atoms in total. The maximum absolute atomic E-state index is 13.3. The quantitative estimate of drug-likeness (QED) is 0.709. The summed E-state index contributed by atoms with van der Waals surface area (Å²) in [6, 6.07) is 8.21. The van der Waals surface area contributed by atoms with Crippen LogP contribution in [0.3, 0.4) is 0 Å². The van der Waals surface area contributed by atoms with Gasteiger partial charge in [-0.1, -0.05) is 18.2 Å². The monoisotopic (exact) mass is 361 g/mol. The summed E-state index contributed by atoms with van der Waals surface area (Å²) in [7, 11) is 0. The smallest absolute Gasteiger partial charge is 0.381 e. The number of rotatable bonds is 3. The minimum atomic E-state index is -4.39. The molecule has 0 aromatic heterocycles. The van der Waals surface area contributed by atoms with Crippen LogP contribution in [0, 0.1) is 12.7 Å². The SMILES string of the molecule is Cc1cc(F)c(Br)cc1NCc1ccccc1C(F)(F)F. The molecule has 0 atom stereocenters. The van der Waals surface area contributed by atoms with E-state index in [1.54, 1.807) is 13.0 Å². The molecular weight excluding hydrogens is 350 g/mol. The third-order valence-electron chi connectivity index (χ3n) is 3.06. The van der Waals surface area contributed by atoms with E-state index in [1.807, 2.05) is 0 Å². The minimum Gasteiger partial charge on any atom is -0.381 e. The molecule has 0 aliphatic heterocycles. The number of benzene rings is 2. The summed E-state index contributed by atoms with van der Waals surface area (Å²) in [5, 5.41) is 2.91. The molecule has 112 valence electrons. The zero-order valence-corrected chi connectivity index (χ0v) is 12.6. The molecule has 0 unspecified atom stereocenters. The zero-order valence-electron chi connectivity index (χ0n) is 11.1. The van der Waals surface area contributed by atoms with E-state index in [-0.39, 0.29) is 16.6 Å². The normalized spacial score (nSPS) is 11.5. The summed E-state index contributed by atoms with van der Waals surface area (Å²) in [4.78, 5) is 0. The van der Waals surface area contributed by atoms with Crippen molar-refractivity contribution in [3.05, 3.63) is 63.4 Å². The van der Waals surface area contributed by atoms with E-state index in [2.05, 4.69) is 21.2 Å². The Balaban J connectivity index is 2.23. The number of halogens is 5. The van der Waals surface area contributed by atoms with Gasteiger partial charge in [-0.05, 0) is 52.2 Å². The summed E-state index contributed by atoms with van der Waals surface area (Å²) in [6.07, 6.45) is -4.39. The Kier molecular flexibility index (Phi) is 4.56. The number of aryl methyl sites for hydroxylation is 1. The fourth-order valence-corrected chi connectivity index (χ4v) is 2.32. The first-order valence-corrected chi connectivity index (χ1v) is 6.93. The molecule has 1 N–H and O–H groups in total. The first-order valence-electron chi connectivity index (χ1n) is 6.13. The molecule has 0 aliphatic rings. The average molecular weight is 362 g/mol. The number of hydrogen-bond acceptors (Lipinski definition) is 1. The van der Waals surface area contributed by atoms with E-state index < -0.39 is 17.6 Å². The maximum Gasteiger partial charge on any atom is 0.416 e. The average Bonchev–Trinajstić information content (AvgIpc) is 2.41. The second-order valence-electron chi connectivity index (χ2n) is 4.59. The standard InChI is InChI=1S/C15H12BrF4N/c1-9-6-13(17)12(16)7-14(9)21-8-10-4-2-3-5-11(10)15(18,19)20/h2-7,21H,8H2,1H3. The van der Waals surface area contributed by atoms with Crippen LogP contribution < -0.4 is 5.32 Å². The van der Waals surface area contributed by atoms with Gasteiger partial charge in [-0.25, -0.2) is 4.39 Å². The van der Waals surface area contributed by atoms with Crippen LogP contribution in [-0.4, -0.2) is 0 Å². The molecule has 21 heavy (non-hydrogen) atoms. The fourth-order valence-electron chi connectivity index (χ4n) is 1.98. The van der Waals surface area contributed by atoms with Gasteiger partial charge in [0, 0.05) is 12.2 Å². The molecule has 0 heterocycles. The minimum absolute atomic E-state index is 0.00853. The largest absolute Gasteiger partial charge is 0.416 e. The van der Waals surface area contributed by atoms with Gasteiger partial charge in [-0.3, -0.25) is 0 Å². The third-order valence-corrected chi connectivity index (χ3v) is 3.67. The van der Waals surface area contributed by atoms with E-state index in [0.717, 1.165) is 6.07 Å². The molecule has 0 radical (unpaired) electrons. The van der Waals surface area contributed by atoms with Gasteiger partial charge in [0.1, 0.15) is 5.82 Å². The molecule has 2 aromatic rings. The molecule has 0 saturated carbocycles. The molecule has 6 heteroatoms. The predicted octanol–water partition coefficient (Wildman–Crippen LogP) is 5.53. The first kappa shape index (κ1) is 15.8.